The molecule has 2 bridgehead atoms. The van der Waals surface area contributed by atoms with E-state index in [-0.39, 0.29) is 17.6 Å². The topological polar surface area (TPSA) is 108 Å². The first-order valence-corrected chi connectivity index (χ1v) is 11.3. The van der Waals surface area contributed by atoms with Crippen LogP contribution < -0.4 is 10.5 Å². The molecular weight excluding hydrogens is 433 g/mol. The van der Waals surface area contributed by atoms with E-state index in [4.69, 9.17) is 10.5 Å². The Bertz CT molecular complexity index is 1500. The molecule has 2 aliphatic rings. The molecular formula is C25H22FN7O. The van der Waals surface area contributed by atoms with Crippen molar-refractivity contribution < 1.29 is 9.13 Å². The Kier molecular flexibility index (Phi) is 4.45. The van der Waals surface area contributed by atoms with Crippen molar-refractivity contribution in [2.75, 3.05) is 5.73 Å². The Morgan fingerprint density at radius 1 is 1.26 bits per heavy atom. The van der Waals surface area contributed by atoms with Gasteiger partial charge in [-0.25, -0.2) is 9.37 Å². The number of nitrogens with two attached hydrogens (primary N) is 1. The Hall–Kier alpha value is -4.19. The summed E-state index contributed by atoms with van der Waals surface area (Å²) in [6, 6.07) is 8.79. The van der Waals surface area contributed by atoms with Crippen LogP contribution in [0.1, 0.15) is 54.8 Å². The van der Waals surface area contributed by atoms with Gasteiger partial charge < -0.3 is 10.5 Å². The number of anilines is 1. The lowest BCUT2D eigenvalue weighted by Crippen LogP contribution is -2.11. The van der Waals surface area contributed by atoms with Crippen molar-refractivity contribution in [3.63, 3.8) is 0 Å². The average molecular weight is 455 g/mol. The quantitative estimate of drug-likeness (QED) is 0.456. The molecule has 0 aliphatic carbocycles. The van der Waals surface area contributed by atoms with Crippen LogP contribution in [0.3, 0.4) is 0 Å². The molecule has 2 atom stereocenters. The van der Waals surface area contributed by atoms with Gasteiger partial charge in [0, 0.05) is 53.0 Å². The molecule has 1 aromatic carbocycles. The van der Waals surface area contributed by atoms with Gasteiger partial charge >= 0.3 is 0 Å². The number of nitrogen functional groups attached to an aromatic ring is 1. The lowest BCUT2D eigenvalue weighted by molar-refractivity contribution is 0.227. The van der Waals surface area contributed by atoms with Crippen LogP contribution >= 0.6 is 0 Å². The third-order valence-corrected chi connectivity index (χ3v) is 6.78. The summed E-state index contributed by atoms with van der Waals surface area (Å²) in [5, 5.41) is 19.1. The highest BCUT2D eigenvalue weighted by molar-refractivity contribution is 5.77. The van der Waals surface area contributed by atoms with Crippen molar-refractivity contribution in [3.05, 3.63) is 65.0 Å². The molecule has 2 N–H and O–H groups in total. The maximum Gasteiger partial charge on any atom is 0.170 e. The van der Waals surface area contributed by atoms with Gasteiger partial charge in [0.1, 0.15) is 18.0 Å². The molecule has 2 aliphatic heterocycles. The minimum absolute atomic E-state index is 0.0329. The molecule has 0 saturated carbocycles. The van der Waals surface area contributed by atoms with Crippen molar-refractivity contribution in [1.82, 2.24) is 24.5 Å². The summed E-state index contributed by atoms with van der Waals surface area (Å²) in [4.78, 5) is 4.34. The molecule has 0 fully saturated rings. The van der Waals surface area contributed by atoms with Gasteiger partial charge in [0.15, 0.2) is 17.3 Å². The van der Waals surface area contributed by atoms with Crippen LogP contribution in [-0.4, -0.2) is 24.5 Å². The van der Waals surface area contributed by atoms with Crippen LogP contribution in [0.25, 0.3) is 22.4 Å². The number of rotatable bonds is 1. The second-order valence-corrected chi connectivity index (χ2v) is 8.65. The smallest absolute Gasteiger partial charge is 0.170 e. The van der Waals surface area contributed by atoms with Gasteiger partial charge in [-0.2, -0.15) is 15.5 Å². The number of halogens is 1. The van der Waals surface area contributed by atoms with Gasteiger partial charge in [-0.3, -0.25) is 9.36 Å². The zero-order valence-electron chi connectivity index (χ0n) is 18.8. The molecule has 34 heavy (non-hydrogen) atoms. The number of pyridine rings is 1. The minimum atomic E-state index is -0.515. The number of aryl methyl sites for hydroxylation is 2. The number of hydrogen-bond donors (Lipinski definition) is 1. The molecule has 0 saturated heterocycles. The highest BCUT2D eigenvalue weighted by Crippen LogP contribution is 2.47. The van der Waals surface area contributed by atoms with Gasteiger partial charge in [0.2, 0.25) is 0 Å². The Labute approximate surface area is 195 Å². The van der Waals surface area contributed by atoms with Gasteiger partial charge in [0.05, 0.1) is 17.6 Å². The second-order valence-electron chi connectivity index (χ2n) is 8.65. The average Bonchev–Trinajstić information content (AvgIpc) is 3.52. The fourth-order valence-electron chi connectivity index (χ4n) is 5.27. The first-order chi connectivity index (χ1) is 16.5. The predicted molar refractivity (Wildman–Crippen MR) is 123 cm³/mol. The van der Waals surface area contributed by atoms with Crippen LogP contribution in [0.4, 0.5) is 10.2 Å². The van der Waals surface area contributed by atoms with Crippen molar-refractivity contribution in [1.29, 1.82) is 5.26 Å². The van der Waals surface area contributed by atoms with Gasteiger partial charge in [0.25, 0.3) is 0 Å². The number of ether oxygens (including phenoxy) is 1. The molecule has 9 heteroatoms. The van der Waals surface area contributed by atoms with Crippen molar-refractivity contribution >= 4 is 5.82 Å². The van der Waals surface area contributed by atoms with Gasteiger partial charge in [-0.05, 0) is 44.5 Å². The van der Waals surface area contributed by atoms with E-state index in [9.17, 15) is 9.65 Å². The molecule has 4 aromatic rings. The normalized spacial score (nSPS) is 18.1. The highest BCUT2D eigenvalue weighted by atomic mass is 19.1. The second kappa shape index (κ2) is 7.42. The summed E-state index contributed by atoms with van der Waals surface area (Å²) in [6.07, 6.45) is 3.84. The number of nitriles is 1. The van der Waals surface area contributed by atoms with Gasteiger partial charge in [-0.1, -0.05) is 0 Å². The van der Waals surface area contributed by atoms with Crippen LogP contribution in [0.2, 0.25) is 0 Å². The zero-order valence-corrected chi connectivity index (χ0v) is 18.8. The summed E-state index contributed by atoms with van der Waals surface area (Å²) >= 11 is 0. The number of hydrogen-bond acceptors (Lipinski definition) is 6. The van der Waals surface area contributed by atoms with Crippen LogP contribution in [0, 0.1) is 17.1 Å². The van der Waals surface area contributed by atoms with E-state index < -0.39 is 6.10 Å². The monoisotopic (exact) mass is 455 g/mol. The molecule has 170 valence electrons. The first-order valence-electron chi connectivity index (χ1n) is 11.3. The number of fused-ring (bicyclic) bond motifs is 7. The molecule has 1 unspecified atom stereocenters. The largest absolute Gasteiger partial charge is 0.482 e. The third kappa shape index (κ3) is 2.85. The Morgan fingerprint density at radius 2 is 2.12 bits per heavy atom. The highest BCUT2D eigenvalue weighted by Gasteiger charge is 2.36. The van der Waals surface area contributed by atoms with Crippen molar-refractivity contribution in [2.24, 2.45) is 0 Å². The summed E-state index contributed by atoms with van der Waals surface area (Å²) in [7, 11) is 0. The lowest BCUT2D eigenvalue weighted by Gasteiger charge is -2.23. The maximum atomic E-state index is 14.4. The third-order valence-electron chi connectivity index (χ3n) is 6.78. The fraction of sp³-hybridized carbons (Fsp3) is 0.280. The van der Waals surface area contributed by atoms with Gasteiger partial charge in [-0.15, -0.1) is 0 Å². The van der Waals surface area contributed by atoms with E-state index in [0.29, 0.717) is 35.7 Å². The zero-order chi connectivity index (χ0) is 23.6. The molecule has 6 rings (SSSR count). The minimum Gasteiger partial charge on any atom is -0.482 e. The van der Waals surface area contributed by atoms with Crippen LogP contribution in [0.15, 0.2) is 36.7 Å². The molecule has 3 aromatic heterocycles. The first kappa shape index (κ1) is 20.4. The van der Waals surface area contributed by atoms with Crippen LogP contribution in [-0.2, 0) is 13.1 Å². The Balaban J connectivity index is 1.72. The van der Waals surface area contributed by atoms with Crippen molar-refractivity contribution in [2.45, 2.75) is 45.4 Å². The van der Waals surface area contributed by atoms with Crippen LogP contribution in [0.5, 0.6) is 5.75 Å². The van der Waals surface area contributed by atoms with E-state index in [1.54, 1.807) is 18.3 Å². The summed E-state index contributed by atoms with van der Waals surface area (Å²) < 4.78 is 24.5. The maximum absolute atomic E-state index is 14.4. The Morgan fingerprint density at radius 3 is 2.91 bits per heavy atom. The number of benzene rings is 1. The molecule has 8 nitrogen and oxygen atoms in total. The summed E-state index contributed by atoms with van der Waals surface area (Å²) in [5.41, 5.74) is 12.4. The van der Waals surface area contributed by atoms with Crippen molar-refractivity contribution in [3.8, 4) is 34.2 Å². The SMILES string of the molecule is CCn1ncc2c1-c1ccc(F)cc1[C@@H](C)Oc1cc(cnc1N)-c1c(C#N)nn3c1C2CC3. The van der Waals surface area contributed by atoms with E-state index in [1.165, 1.54) is 12.1 Å². The predicted octanol–water partition coefficient (Wildman–Crippen LogP) is 4.41. The summed E-state index contributed by atoms with van der Waals surface area (Å²) in [6.45, 7) is 5.23. The molecule has 5 heterocycles. The standard InChI is InChI=1S/C25H22FN7O/c1-3-32-23-16-5-4-15(26)9-18(16)13(2)34-21-8-14(11-29-25(21)28)22-20(10-27)31-33-7-6-17(24(22)33)19(23)12-30-32/h4-5,8-9,11-13,17H,3,6-7H2,1-2H3,(H2,28,29)/t13-,17?/m1/s1. The summed E-state index contributed by atoms with van der Waals surface area (Å²) in [5.74, 6) is 0.228. The van der Waals surface area contributed by atoms with E-state index in [1.807, 2.05) is 29.4 Å². The lowest BCUT2D eigenvalue weighted by atomic mass is 9.87. The molecule has 0 amide bonds. The number of aromatic nitrogens is 5. The van der Waals surface area contributed by atoms with E-state index in [0.717, 1.165) is 34.5 Å². The fourth-order valence-corrected chi connectivity index (χ4v) is 5.27. The molecule has 0 spiro atoms. The van der Waals surface area contributed by atoms with E-state index in [2.05, 4.69) is 21.3 Å². The number of nitrogens with zero attached hydrogens (tertiary/aromatic N) is 6. The molecule has 0 radical (unpaired) electrons. The van der Waals surface area contributed by atoms with E-state index >= 15 is 0 Å².